The maximum Gasteiger partial charge on any atom is 0.344 e. The molecule has 1 aromatic carbocycles. The minimum Gasteiger partial charge on any atom is -0.479 e. The van der Waals surface area contributed by atoms with E-state index in [0.29, 0.717) is 0 Å². The van der Waals surface area contributed by atoms with E-state index in [1.54, 1.807) is 12.1 Å². The highest BCUT2D eigenvalue weighted by Gasteiger charge is 2.16. The molecular weight excluding hydrogens is 265 g/mol. The Labute approximate surface area is 114 Å². The van der Waals surface area contributed by atoms with Crippen molar-refractivity contribution in [1.29, 1.82) is 0 Å². The zero-order chi connectivity index (χ0) is 14.5. The van der Waals surface area contributed by atoms with Crippen LogP contribution in [0.2, 0.25) is 0 Å². The maximum absolute atomic E-state index is 13.5. The molecule has 104 valence electrons. The van der Waals surface area contributed by atoms with Crippen molar-refractivity contribution in [3.05, 3.63) is 48.4 Å². The summed E-state index contributed by atoms with van der Waals surface area (Å²) < 4.78 is 24.0. The average molecular weight is 277 g/mol. The lowest BCUT2D eigenvalue weighted by Crippen LogP contribution is -2.23. The smallest absolute Gasteiger partial charge is 0.344 e. The lowest BCUT2D eigenvalue weighted by atomic mass is 10.3. The molecule has 0 spiro atoms. The number of hydrogen-bond donors (Lipinski definition) is 1. The quantitative estimate of drug-likeness (QED) is 0.910. The number of nitrogens with zero attached hydrogens (tertiary/aromatic N) is 1. The minimum atomic E-state index is -1.11. The van der Waals surface area contributed by atoms with Gasteiger partial charge in [-0.05, 0) is 31.2 Å². The number of pyridine rings is 1. The lowest BCUT2D eigenvalue weighted by Gasteiger charge is -2.14. The average Bonchev–Trinajstić information content (AvgIpc) is 2.43. The van der Waals surface area contributed by atoms with Crippen molar-refractivity contribution in [2.45, 2.75) is 13.0 Å². The molecule has 0 saturated carbocycles. The van der Waals surface area contributed by atoms with Gasteiger partial charge in [-0.15, -0.1) is 0 Å². The number of carboxylic acid groups (broad SMARTS) is 1. The van der Waals surface area contributed by atoms with Crippen molar-refractivity contribution in [3.63, 3.8) is 0 Å². The molecule has 6 heteroatoms. The van der Waals surface area contributed by atoms with Crippen LogP contribution in [0.25, 0.3) is 0 Å². The highest BCUT2D eigenvalue weighted by molar-refractivity contribution is 5.72. The van der Waals surface area contributed by atoms with Crippen molar-refractivity contribution in [2.24, 2.45) is 0 Å². The third kappa shape index (κ3) is 3.23. The van der Waals surface area contributed by atoms with Gasteiger partial charge in [0.05, 0.1) is 0 Å². The summed E-state index contributed by atoms with van der Waals surface area (Å²) in [6, 6.07) is 9.05. The first kappa shape index (κ1) is 13.8. The molecule has 0 radical (unpaired) electrons. The summed E-state index contributed by atoms with van der Waals surface area (Å²) in [6.07, 6.45) is 0.343. The predicted molar refractivity (Wildman–Crippen MR) is 68.4 cm³/mol. The van der Waals surface area contributed by atoms with Gasteiger partial charge in [0.2, 0.25) is 0 Å². The highest BCUT2D eigenvalue weighted by atomic mass is 19.1. The Morgan fingerprint density at radius 2 is 1.95 bits per heavy atom. The molecule has 1 atom stereocenters. The van der Waals surface area contributed by atoms with E-state index in [9.17, 15) is 9.18 Å². The summed E-state index contributed by atoms with van der Waals surface area (Å²) in [5.41, 5.74) is 0. The highest BCUT2D eigenvalue weighted by Crippen LogP contribution is 2.31. The first-order chi connectivity index (χ1) is 9.58. The summed E-state index contributed by atoms with van der Waals surface area (Å²) in [7, 11) is 0. The summed E-state index contributed by atoms with van der Waals surface area (Å²) >= 11 is 0. The third-order valence-electron chi connectivity index (χ3n) is 2.43. The normalized spacial score (nSPS) is 11.7. The minimum absolute atomic E-state index is 0.193. The van der Waals surface area contributed by atoms with E-state index < -0.39 is 17.9 Å². The van der Waals surface area contributed by atoms with Gasteiger partial charge >= 0.3 is 5.97 Å². The molecule has 0 saturated heterocycles. The van der Waals surface area contributed by atoms with Crippen LogP contribution in [0, 0.1) is 5.82 Å². The molecule has 0 aliphatic heterocycles. The van der Waals surface area contributed by atoms with E-state index in [0.717, 1.165) is 0 Å². The summed E-state index contributed by atoms with van der Waals surface area (Å²) in [5.74, 6) is -1.53. The van der Waals surface area contributed by atoms with Gasteiger partial charge in [0, 0.05) is 6.20 Å². The van der Waals surface area contributed by atoms with Crippen molar-refractivity contribution in [1.82, 2.24) is 4.98 Å². The zero-order valence-electron chi connectivity index (χ0n) is 10.6. The number of carbonyl (C=O) groups is 1. The van der Waals surface area contributed by atoms with Gasteiger partial charge in [-0.1, -0.05) is 12.1 Å². The van der Waals surface area contributed by atoms with E-state index in [1.807, 2.05) is 0 Å². The van der Waals surface area contributed by atoms with Gasteiger partial charge in [0.25, 0.3) is 5.88 Å². The molecule has 1 aromatic heterocycles. The summed E-state index contributed by atoms with van der Waals surface area (Å²) in [4.78, 5) is 14.5. The number of benzene rings is 1. The number of ether oxygens (including phenoxy) is 2. The van der Waals surface area contributed by atoms with Crippen LogP contribution in [0.3, 0.4) is 0 Å². The molecule has 0 fully saturated rings. The van der Waals surface area contributed by atoms with Crippen LogP contribution in [-0.2, 0) is 4.79 Å². The third-order valence-corrected chi connectivity index (χ3v) is 2.43. The van der Waals surface area contributed by atoms with E-state index in [2.05, 4.69) is 4.98 Å². The second-order valence-electron chi connectivity index (χ2n) is 3.94. The molecule has 0 aliphatic carbocycles. The van der Waals surface area contributed by atoms with Gasteiger partial charge in [-0.25, -0.2) is 14.2 Å². The van der Waals surface area contributed by atoms with E-state index in [1.165, 1.54) is 37.4 Å². The topological polar surface area (TPSA) is 68.7 Å². The van der Waals surface area contributed by atoms with Crippen LogP contribution in [0.5, 0.6) is 17.4 Å². The first-order valence-electron chi connectivity index (χ1n) is 5.85. The number of carboxylic acids is 1. The number of aliphatic carboxylic acids is 1. The molecule has 0 amide bonds. The molecule has 1 N–H and O–H groups in total. The van der Waals surface area contributed by atoms with Crippen LogP contribution in [0.4, 0.5) is 4.39 Å². The SMILES string of the molecule is CC(Oc1ccccc1Oc1ncccc1F)C(=O)O. The van der Waals surface area contributed by atoms with Crippen molar-refractivity contribution >= 4 is 5.97 Å². The molecule has 20 heavy (non-hydrogen) atoms. The van der Waals surface area contributed by atoms with Gasteiger partial charge < -0.3 is 14.6 Å². The predicted octanol–water partition coefficient (Wildman–Crippen LogP) is 2.86. The standard InChI is InChI=1S/C14H12FNO4/c1-9(14(17)18)19-11-6-2-3-7-12(11)20-13-10(15)5-4-8-16-13/h2-9H,1H3,(H,17,18). The fourth-order valence-electron chi connectivity index (χ4n) is 1.42. The second-order valence-corrected chi connectivity index (χ2v) is 3.94. The zero-order valence-corrected chi connectivity index (χ0v) is 10.6. The van der Waals surface area contributed by atoms with E-state index >= 15 is 0 Å². The first-order valence-corrected chi connectivity index (χ1v) is 5.85. The summed E-state index contributed by atoms with van der Waals surface area (Å²) in [6.45, 7) is 1.39. The Hall–Kier alpha value is -2.63. The number of halogens is 1. The number of hydrogen-bond acceptors (Lipinski definition) is 4. The Morgan fingerprint density at radius 1 is 1.25 bits per heavy atom. The van der Waals surface area contributed by atoms with E-state index in [4.69, 9.17) is 14.6 Å². The molecule has 2 rings (SSSR count). The number of para-hydroxylation sites is 2. The lowest BCUT2D eigenvalue weighted by molar-refractivity contribution is -0.144. The van der Waals surface area contributed by atoms with Crippen molar-refractivity contribution in [3.8, 4) is 17.4 Å². The van der Waals surface area contributed by atoms with Crippen molar-refractivity contribution in [2.75, 3.05) is 0 Å². The van der Waals surface area contributed by atoms with Gasteiger partial charge in [0.15, 0.2) is 23.4 Å². The second kappa shape index (κ2) is 6.01. The van der Waals surface area contributed by atoms with Gasteiger partial charge in [0.1, 0.15) is 0 Å². The Morgan fingerprint density at radius 3 is 2.60 bits per heavy atom. The molecule has 0 bridgehead atoms. The van der Waals surface area contributed by atoms with Gasteiger partial charge in [-0.3, -0.25) is 0 Å². The molecule has 1 heterocycles. The van der Waals surface area contributed by atoms with Crippen LogP contribution in [0.1, 0.15) is 6.92 Å². The Balaban J connectivity index is 2.24. The molecule has 2 aromatic rings. The fraction of sp³-hybridized carbons (Fsp3) is 0.143. The Kier molecular flexibility index (Phi) is 4.14. The number of rotatable bonds is 5. The maximum atomic E-state index is 13.5. The van der Waals surface area contributed by atoms with Crippen LogP contribution in [0.15, 0.2) is 42.6 Å². The molecule has 0 aliphatic rings. The van der Waals surface area contributed by atoms with E-state index in [-0.39, 0.29) is 17.4 Å². The van der Waals surface area contributed by atoms with Crippen LogP contribution >= 0.6 is 0 Å². The largest absolute Gasteiger partial charge is 0.479 e. The van der Waals surface area contributed by atoms with Gasteiger partial charge in [-0.2, -0.15) is 0 Å². The summed E-state index contributed by atoms with van der Waals surface area (Å²) in [5, 5.41) is 8.83. The van der Waals surface area contributed by atoms with Crippen LogP contribution in [-0.4, -0.2) is 22.2 Å². The molecule has 1 unspecified atom stereocenters. The number of aromatic nitrogens is 1. The van der Waals surface area contributed by atoms with Crippen molar-refractivity contribution < 1.29 is 23.8 Å². The van der Waals surface area contributed by atoms with Crippen LogP contribution < -0.4 is 9.47 Å². The fourth-order valence-corrected chi connectivity index (χ4v) is 1.42. The molecular formula is C14H12FNO4. The monoisotopic (exact) mass is 277 g/mol. The molecule has 5 nitrogen and oxygen atoms in total. The Bertz CT molecular complexity index is 618.